The first-order chi connectivity index (χ1) is 9.04. The minimum absolute atomic E-state index is 0.212. The molecule has 4 N–H and O–H groups in total. The highest BCUT2D eigenvalue weighted by molar-refractivity contribution is 4.95. The maximum atomic E-state index is 14.0. The van der Waals surface area contributed by atoms with Gasteiger partial charge in [0.25, 0.3) is 0 Å². The van der Waals surface area contributed by atoms with Crippen molar-refractivity contribution in [3.05, 3.63) is 0 Å². The Morgan fingerprint density at radius 3 is 2.79 bits per heavy atom. The molecule has 1 unspecified atom stereocenters. The molecule has 0 aromatic carbocycles. The first-order valence-corrected chi connectivity index (χ1v) is 7.66. The van der Waals surface area contributed by atoms with E-state index in [4.69, 9.17) is 16.2 Å². The van der Waals surface area contributed by atoms with Crippen LogP contribution in [0.4, 0.5) is 4.39 Å². The van der Waals surface area contributed by atoms with E-state index in [1.165, 1.54) is 19.4 Å². The van der Waals surface area contributed by atoms with Crippen molar-refractivity contribution >= 4 is 0 Å². The van der Waals surface area contributed by atoms with Gasteiger partial charge in [-0.1, -0.05) is 0 Å². The second-order valence-corrected chi connectivity index (χ2v) is 6.63. The van der Waals surface area contributed by atoms with E-state index in [9.17, 15) is 4.39 Å². The molecule has 0 radical (unpaired) electrons. The average molecular weight is 271 g/mol. The number of halogens is 1. The van der Waals surface area contributed by atoms with Crippen LogP contribution in [0.1, 0.15) is 38.5 Å². The number of ether oxygens (including phenoxy) is 1. The Bertz CT molecular complexity index is 322. The first kappa shape index (κ1) is 13.7. The third kappa shape index (κ3) is 3.27. The number of likely N-dealkylation sites (tertiary alicyclic amines) is 1. The molecule has 0 bridgehead atoms. The SMILES string of the molecule is N[C@@H]1[C@@H](O[C@H]2CCN(CC3CC3)C2)CCCC1(N)F. The summed E-state index contributed by atoms with van der Waals surface area (Å²) in [5, 5.41) is 0. The van der Waals surface area contributed by atoms with Gasteiger partial charge in [-0.15, -0.1) is 0 Å². The van der Waals surface area contributed by atoms with Crippen LogP contribution in [0.3, 0.4) is 0 Å². The van der Waals surface area contributed by atoms with Crippen LogP contribution >= 0.6 is 0 Å². The Hall–Kier alpha value is -0.230. The summed E-state index contributed by atoms with van der Waals surface area (Å²) in [4.78, 5) is 2.47. The Morgan fingerprint density at radius 2 is 2.05 bits per heavy atom. The molecule has 0 spiro atoms. The highest BCUT2D eigenvalue weighted by atomic mass is 19.1. The second-order valence-electron chi connectivity index (χ2n) is 6.63. The Morgan fingerprint density at radius 1 is 1.26 bits per heavy atom. The topological polar surface area (TPSA) is 64.5 Å². The Labute approximate surface area is 114 Å². The fourth-order valence-electron chi connectivity index (χ4n) is 3.37. The zero-order chi connectivity index (χ0) is 13.5. The van der Waals surface area contributed by atoms with E-state index in [1.807, 2.05) is 0 Å². The lowest BCUT2D eigenvalue weighted by atomic mass is 9.86. The van der Waals surface area contributed by atoms with Gasteiger partial charge in [0.2, 0.25) is 0 Å². The van der Waals surface area contributed by atoms with E-state index in [2.05, 4.69) is 4.90 Å². The minimum atomic E-state index is -1.75. The summed E-state index contributed by atoms with van der Waals surface area (Å²) < 4.78 is 20.1. The molecule has 0 aromatic rings. The van der Waals surface area contributed by atoms with E-state index < -0.39 is 11.8 Å². The van der Waals surface area contributed by atoms with Crippen molar-refractivity contribution in [3.63, 3.8) is 0 Å². The summed E-state index contributed by atoms with van der Waals surface area (Å²) in [6, 6.07) is -0.682. The molecule has 4 atom stereocenters. The molecular formula is C14H26FN3O. The molecule has 4 nitrogen and oxygen atoms in total. The van der Waals surface area contributed by atoms with Crippen molar-refractivity contribution in [1.82, 2.24) is 4.90 Å². The third-order valence-corrected chi connectivity index (χ3v) is 4.81. The molecular weight excluding hydrogens is 245 g/mol. The highest BCUT2D eigenvalue weighted by Gasteiger charge is 2.43. The van der Waals surface area contributed by atoms with Gasteiger partial charge in [-0.2, -0.15) is 0 Å². The van der Waals surface area contributed by atoms with Gasteiger partial charge in [-0.05, 0) is 44.4 Å². The van der Waals surface area contributed by atoms with Gasteiger partial charge in [-0.25, -0.2) is 4.39 Å². The van der Waals surface area contributed by atoms with E-state index in [-0.39, 0.29) is 12.2 Å². The van der Waals surface area contributed by atoms with Crippen LogP contribution in [0.2, 0.25) is 0 Å². The number of rotatable bonds is 4. The monoisotopic (exact) mass is 271 g/mol. The maximum absolute atomic E-state index is 14.0. The first-order valence-electron chi connectivity index (χ1n) is 7.66. The quantitative estimate of drug-likeness (QED) is 0.749. The molecule has 110 valence electrons. The molecule has 3 fully saturated rings. The maximum Gasteiger partial charge on any atom is 0.176 e. The van der Waals surface area contributed by atoms with Gasteiger partial charge < -0.3 is 15.4 Å². The zero-order valence-corrected chi connectivity index (χ0v) is 11.6. The average Bonchev–Trinajstić information content (AvgIpc) is 3.05. The fraction of sp³-hybridized carbons (Fsp3) is 1.00. The Balaban J connectivity index is 1.48. The summed E-state index contributed by atoms with van der Waals surface area (Å²) >= 11 is 0. The van der Waals surface area contributed by atoms with Gasteiger partial charge in [-0.3, -0.25) is 5.73 Å². The zero-order valence-electron chi connectivity index (χ0n) is 11.6. The van der Waals surface area contributed by atoms with Gasteiger partial charge >= 0.3 is 0 Å². The van der Waals surface area contributed by atoms with E-state index in [1.54, 1.807) is 0 Å². The molecule has 1 saturated heterocycles. The number of nitrogens with zero attached hydrogens (tertiary/aromatic N) is 1. The molecule has 3 rings (SSSR count). The molecule has 2 aliphatic carbocycles. The normalized spacial score (nSPS) is 44.7. The molecule has 19 heavy (non-hydrogen) atoms. The van der Waals surface area contributed by atoms with Crippen LogP contribution in [0.15, 0.2) is 0 Å². The van der Waals surface area contributed by atoms with E-state index in [0.29, 0.717) is 6.42 Å². The molecule has 1 heterocycles. The summed E-state index contributed by atoms with van der Waals surface area (Å²) in [7, 11) is 0. The smallest absolute Gasteiger partial charge is 0.176 e. The van der Waals surface area contributed by atoms with Crippen LogP contribution in [-0.4, -0.2) is 48.6 Å². The summed E-state index contributed by atoms with van der Waals surface area (Å²) in [5.41, 5.74) is 11.5. The standard InChI is InChI=1S/C14H26FN3O/c15-14(17)6-1-2-12(13(14)16)19-11-5-7-18(9-11)8-10-3-4-10/h10-13H,1-9,16-17H2/t11-,12-,13+,14?/m0/s1. The number of hydrogen-bond donors (Lipinski definition) is 2. The summed E-state index contributed by atoms with van der Waals surface area (Å²) in [6.45, 7) is 3.29. The molecule has 0 amide bonds. The van der Waals surface area contributed by atoms with Crippen LogP contribution < -0.4 is 11.5 Å². The predicted molar refractivity (Wildman–Crippen MR) is 72.3 cm³/mol. The number of alkyl halides is 1. The molecule has 1 aliphatic heterocycles. The lowest BCUT2D eigenvalue weighted by molar-refractivity contribution is -0.0777. The third-order valence-electron chi connectivity index (χ3n) is 4.81. The lowest BCUT2D eigenvalue weighted by Gasteiger charge is -2.39. The molecule has 3 aliphatic rings. The number of nitrogens with two attached hydrogens (primary N) is 2. The van der Waals surface area contributed by atoms with Crippen molar-refractivity contribution in [3.8, 4) is 0 Å². The van der Waals surface area contributed by atoms with E-state index in [0.717, 1.165) is 38.3 Å². The van der Waals surface area contributed by atoms with Crippen molar-refractivity contribution in [2.75, 3.05) is 19.6 Å². The number of hydrogen-bond acceptors (Lipinski definition) is 4. The van der Waals surface area contributed by atoms with E-state index >= 15 is 0 Å². The summed E-state index contributed by atoms with van der Waals surface area (Å²) in [6.07, 6.45) is 5.76. The van der Waals surface area contributed by atoms with Crippen LogP contribution in [0, 0.1) is 5.92 Å². The molecule has 0 aromatic heterocycles. The molecule has 5 heteroatoms. The highest BCUT2D eigenvalue weighted by Crippen LogP contribution is 2.33. The van der Waals surface area contributed by atoms with Gasteiger partial charge in [0.15, 0.2) is 5.79 Å². The van der Waals surface area contributed by atoms with Crippen molar-refractivity contribution in [2.24, 2.45) is 17.4 Å². The van der Waals surface area contributed by atoms with Crippen LogP contribution in [0.25, 0.3) is 0 Å². The van der Waals surface area contributed by atoms with Gasteiger partial charge in [0.05, 0.1) is 18.2 Å². The van der Waals surface area contributed by atoms with Gasteiger partial charge in [0.1, 0.15) is 0 Å². The van der Waals surface area contributed by atoms with Crippen molar-refractivity contribution in [2.45, 2.75) is 62.6 Å². The minimum Gasteiger partial charge on any atom is -0.372 e. The second kappa shape index (κ2) is 5.28. The largest absolute Gasteiger partial charge is 0.372 e. The molecule has 2 saturated carbocycles. The van der Waals surface area contributed by atoms with Gasteiger partial charge in [0, 0.05) is 19.6 Å². The lowest BCUT2D eigenvalue weighted by Crippen LogP contribution is -2.61. The van der Waals surface area contributed by atoms with Crippen molar-refractivity contribution < 1.29 is 9.13 Å². The van der Waals surface area contributed by atoms with Crippen molar-refractivity contribution in [1.29, 1.82) is 0 Å². The fourth-order valence-corrected chi connectivity index (χ4v) is 3.37. The summed E-state index contributed by atoms with van der Waals surface area (Å²) in [5.74, 6) is -0.840. The Kier molecular flexibility index (Phi) is 3.82. The van der Waals surface area contributed by atoms with Crippen LogP contribution in [-0.2, 0) is 4.74 Å². The van der Waals surface area contributed by atoms with Crippen LogP contribution in [0.5, 0.6) is 0 Å². The predicted octanol–water partition coefficient (Wildman–Crippen LogP) is 0.992.